The lowest BCUT2D eigenvalue weighted by molar-refractivity contribution is -0.120. The number of fused-ring (bicyclic) bond motifs is 2. The van der Waals surface area contributed by atoms with Crippen LogP contribution in [0.5, 0.6) is 0 Å². The van der Waals surface area contributed by atoms with Gasteiger partial charge in [0.25, 0.3) is 5.56 Å². The Morgan fingerprint density at radius 3 is 2.38 bits per heavy atom. The third kappa shape index (κ3) is 5.85. The number of nitrogens with one attached hydrogen (secondary N) is 3. The number of unbranched alkanes of at least 4 members (excludes halogenated alkanes) is 1. The number of carbonyl (C=O) groups is 1. The minimum absolute atomic E-state index is 0.0852. The van der Waals surface area contributed by atoms with Crippen LogP contribution >= 0.6 is 0 Å². The van der Waals surface area contributed by atoms with Gasteiger partial charge >= 0.3 is 5.69 Å². The van der Waals surface area contributed by atoms with Crippen molar-refractivity contribution in [2.75, 3.05) is 25.0 Å². The molecule has 39 heavy (non-hydrogen) atoms. The number of ether oxygens (including phenoxy) is 1. The summed E-state index contributed by atoms with van der Waals surface area (Å²) in [7, 11) is 0. The summed E-state index contributed by atoms with van der Waals surface area (Å²) in [6, 6.07) is 16.0. The summed E-state index contributed by atoms with van der Waals surface area (Å²) in [6.07, 6.45) is 0.109. The number of nitrogens with zero attached hydrogens (tertiary/aromatic N) is 2. The molecule has 1 aliphatic rings. The molecule has 0 saturated carbocycles. The molecule has 1 amide bonds. The van der Waals surface area contributed by atoms with Crippen LogP contribution in [-0.2, 0) is 16.0 Å². The van der Waals surface area contributed by atoms with Gasteiger partial charge in [0.05, 0.1) is 35.9 Å². The maximum Gasteiger partial charge on any atom is 0.330 e. The van der Waals surface area contributed by atoms with E-state index in [1.54, 1.807) is 0 Å². The summed E-state index contributed by atoms with van der Waals surface area (Å²) in [4.78, 5) is 44.0. The minimum atomic E-state index is -0.934. The highest BCUT2D eigenvalue weighted by Gasteiger charge is 2.35. The molecule has 0 spiro atoms. The smallest absolute Gasteiger partial charge is 0.330 e. The van der Waals surface area contributed by atoms with E-state index in [1.165, 1.54) is 6.20 Å². The second kappa shape index (κ2) is 11.8. The Kier molecular flexibility index (Phi) is 8.01. The Balaban J connectivity index is 1.13. The van der Waals surface area contributed by atoms with Gasteiger partial charge in [0.15, 0.2) is 0 Å². The van der Waals surface area contributed by atoms with Crippen LogP contribution in [0.1, 0.15) is 31.1 Å². The highest BCUT2D eigenvalue weighted by molar-refractivity contribution is 6.07. The molecule has 2 aromatic carbocycles. The first-order valence-electron chi connectivity index (χ1n) is 13.0. The third-order valence-corrected chi connectivity index (χ3v) is 6.90. The van der Waals surface area contributed by atoms with E-state index in [1.807, 2.05) is 48.5 Å². The van der Waals surface area contributed by atoms with E-state index in [-0.39, 0.29) is 24.3 Å². The summed E-state index contributed by atoms with van der Waals surface area (Å²) in [5, 5.41) is 27.7. The summed E-state index contributed by atoms with van der Waals surface area (Å²) in [5.41, 5.74) is 1.65. The van der Waals surface area contributed by atoms with Crippen molar-refractivity contribution < 1.29 is 19.7 Å². The van der Waals surface area contributed by atoms with E-state index < -0.39 is 36.3 Å². The first-order chi connectivity index (χ1) is 18.9. The number of para-hydroxylation sites is 2. The van der Waals surface area contributed by atoms with Crippen molar-refractivity contribution in [3.63, 3.8) is 0 Å². The number of rotatable bonds is 10. The van der Waals surface area contributed by atoms with E-state index in [0.29, 0.717) is 13.1 Å². The van der Waals surface area contributed by atoms with Crippen molar-refractivity contribution in [2.45, 2.75) is 44.1 Å². The Hall–Kier alpha value is -4.06. The number of carbonyl (C=O) groups excluding carboxylic acids is 1. The van der Waals surface area contributed by atoms with Crippen molar-refractivity contribution in [3.8, 4) is 0 Å². The fourth-order valence-electron chi connectivity index (χ4n) is 4.87. The van der Waals surface area contributed by atoms with Crippen LogP contribution in [0.15, 0.2) is 64.3 Å². The molecule has 1 saturated heterocycles. The fourth-order valence-corrected chi connectivity index (χ4v) is 4.87. The van der Waals surface area contributed by atoms with Gasteiger partial charge in [0, 0.05) is 42.0 Å². The third-order valence-electron chi connectivity index (χ3n) is 6.90. The van der Waals surface area contributed by atoms with E-state index in [0.717, 1.165) is 44.9 Å². The number of amides is 1. The van der Waals surface area contributed by atoms with Gasteiger partial charge in [0.1, 0.15) is 12.3 Å². The van der Waals surface area contributed by atoms with Crippen molar-refractivity contribution in [3.05, 3.63) is 81.1 Å². The molecule has 1 aliphatic heterocycles. The van der Waals surface area contributed by atoms with Crippen LogP contribution in [0.3, 0.4) is 0 Å². The monoisotopic (exact) mass is 533 g/mol. The zero-order valence-electron chi connectivity index (χ0n) is 21.3. The predicted molar refractivity (Wildman–Crippen MR) is 147 cm³/mol. The zero-order chi connectivity index (χ0) is 27.4. The maximum atomic E-state index is 12.5. The molecule has 0 bridgehead atoms. The number of anilines is 1. The second-order valence-corrected chi connectivity index (χ2v) is 9.62. The molecule has 11 heteroatoms. The fraction of sp³-hybridized carbons (Fsp3) is 0.357. The van der Waals surface area contributed by atoms with Gasteiger partial charge in [-0.3, -0.25) is 19.1 Å². The Morgan fingerprint density at radius 1 is 1.05 bits per heavy atom. The molecule has 204 valence electrons. The number of hydrogen-bond acceptors (Lipinski definition) is 8. The number of hydrogen-bond donors (Lipinski definition) is 5. The highest BCUT2D eigenvalue weighted by Crippen LogP contribution is 2.30. The van der Waals surface area contributed by atoms with Crippen LogP contribution in [0.25, 0.3) is 21.8 Å². The average Bonchev–Trinajstić information content (AvgIpc) is 3.31. The molecule has 4 aromatic rings. The standard InChI is InChI=1S/C28H31N5O6/c34-16-23-22(35)14-25(39-23)33-15-17(27(37)32-28(33)38)13-24(36)29-11-5-6-12-30-26-18-7-1-3-9-20(18)31-21-10-4-2-8-19(21)26/h1-4,7-10,15,22-23,25,34-35H,5-6,11-14,16H2,(H,29,36)(H,30,31)(H,32,37,38)/t22-,23+,25+/m0/s1. The quantitative estimate of drug-likeness (QED) is 0.151. The van der Waals surface area contributed by atoms with Crippen molar-refractivity contribution >= 4 is 33.4 Å². The molecule has 11 nitrogen and oxygen atoms in total. The van der Waals surface area contributed by atoms with E-state index >= 15 is 0 Å². The lowest BCUT2D eigenvalue weighted by atomic mass is 10.1. The number of benzene rings is 2. The first-order valence-corrected chi connectivity index (χ1v) is 13.0. The largest absolute Gasteiger partial charge is 0.394 e. The van der Waals surface area contributed by atoms with Crippen molar-refractivity contribution in [1.82, 2.24) is 19.9 Å². The van der Waals surface area contributed by atoms with Crippen molar-refractivity contribution in [1.29, 1.82) is 0 Å². The lowest BCUT2D eigenvalue weighted by Crippen LogP contribution is -2.36. The van der Waals surface area contributed by atoms with Gasteiger partial charge in [-0.05, 0) is 25.0 Å². The predicted octanol–water partition coefficient (Wildman–Crippen LogP) is 1.43. The van der Waals surface area contributed by atoms with Gasteiger partial charge in [-0.25, -0.2) is 9.78 Å². The normalized spacial score (nSPS) is 19.0. The van der Waals surface area contributed by atoms with E-state index in [2.05, 4.69) is 15.6 Å². The summed E-state index contributed by atoms with van der Waals surface area (Å²) in [5.74, 6) is -0.342. The molecule has 2 aromatic heterocycles. The summed E-state index contributed by atoms with van der Waals surface area (Å²) >= 11 is 0. The lowest BCUT2D eigenvalue weighted by Gasteiger charge is -2.15. The average molecular weight is 534 g/mol. The number of aliphatic hydroxyl groups excluding tert-OH is 2. The van der Waals surface area contributed by atoms with Crippen LogP contribution in [0.2, 0.25) is 0 Å². The molecule has 3 atom stereocenters. The van der Waals surface area contributed by atoms with E-state index in [4.69, 9.17) is 9.72 Å². The molecule has 0 radical (unpaired) electrons. The topological polar surface area (TPSA) is 159 Å². The molecule has 3 heterocycles. The number of aromatic nitrogens is 3. The molecule has 5 rings (SSSR count). The summed E-state index contributed by atoms with van der Waals surface area (Å²) < 4.78 is 6.64. The zero-order valence-corrected chi connectivity index (χ0v) is 21.3. The van der Waals surface area contributed by atoms with Crippen LogP contribution in [0, 0.1) is 0 Å². The van der Waals surface area contributed by atoms with Crippen molar-refractivity contribution in [2.24, 2.45) is 0 Å². The Morgan fingerprint density at radius 2 is 1.72 bits per heavy atom. The number of pyridine rings is 1. The van der Waals surface area contributed by atoms with Gasteiger partial charge in [-0.15, -0.1) is 0 Å². The minimum Gasteiger partial charge on any atom is -0.394 e. The number of aliphatic hydroxyl groups is 2. The SMILES string of the molecule is O=C(Cc1cn([C@H]2C[C@H](O)[C@@H](CO)O2)c(=O)[nH]c1=O)NCCCCNc1c2ccccc2nc2ccccc12. The van der Waals surface area contributed by atoms with Crippen LogP contribution in [-0.4, -0.2) is 62.6 Å². The van der Waals surface area contributed by atoms with E-state index in [9.17, 15) is 24.6 Å². The van der Waals surface area contributed by atoms with Crippen LogP contribution < -0.4 is 21.9 Å². The van der Waals surface area contributed by atoms with Gasteiger partial charge in [-0.1, -0.05) is 36.4 Å². The molecular formula is C28H31N5O6. The molecule has 0 unspecified atom stereocenters. The molecule has 5 N–H and O–H groups in total. The first kappa shape index (κ1) is 26.5. The maximum absolute atomic E-state index is 12.5. The second-order valence-electron chi connectivity index (χ2n) is 9.62. The molecule has 1 fully saturated rings. The molecule has 0 aliphatic carbocycles. The Bertz CT molecular complexity index is 1550. The summed E-state index contributed by atoms with van der Waals surface area (Å²) in [6.45, 7) is 0.753. The van der Waals surface area contributed by atoms with Gasteiger partial charge < -0.3 is 25.6 Å². The Labute approximate surface area is 223 Å². The highest BCUT2D eigenvalue weighted by atomic mass is 16.5. The van der Waals surface area contributed by atoms with Crippen LogP contribution in [0.4, 0.5) is 5.69 Å². The van der Waals surface area contributed by atoms with Gasteiger partial charge in [0.2, 0.25) is 5.91 Å². The molecular weight excluding hydrogens is 502 g/mol. The number of aromatic amines is 1. The van der Waals surface area contributed by atoms with Gasteiger partial charge in [-0.2, -0.15) is 0 Å². The number of H-pyrrole nitrogens is 1.